The van der Waals surface area contributed by atoms with Gasteiger partial charge in [-0.3, -0.25) is 14.4 Å². The Morgan fingerprint density at radius 3 is 2.38 bits per heavy atom. The smallest absolute Gasteiger partial charge is 0.370 e. The molecule has 40 heavy (non-hydrogen) atoms. The normalized spacial score (nSPS) is 15.4. The molecule has 1 aliphatic rings. The van der Waals surface area contributed by atoms with Gasteiger partial charge in [-0.1, -0.05) is 23.4 Å². The maximum Gasteiger partial charge on any atom is 0.389 e. The van der Waals surface area contributed by atoms with Gasteiger partial charge in [-0.25, -0.2) is 9.38 Å². The second kappa shape index (κ2) is 13.0. The Bertz CT molecular complexity index is 1370. The number of fused-ring (bicyclic) bond motifs is 1. The molecule has 0 saturated heterocycles. The summed E-state index contributed by atoms with van der Waals surface area (Å²) in [5.41, 5.74) is 8.39. The standard InChI is InChI=1S/C23H22F4N4O3.C4H5NO/c1-12-3-2-4-16-18(12)30-22(34)20(29-19(16)13-5-7-15(24)8-6-13)31-21(33)14(11-17(28)32)9-10-23(25,26)27;1-4-2-3-6-5-4/h2-8,14,20H,9-11H2,1H3,(H2,28,32)(H,30,34)(H,31,33);2-3H,1H3. The Hall–Kier alpha value is -4.55. The van der Waals surface area contributed by atoms with Gasteiger partial charge in [0.15, 0.2) is 0 Å². The zero-order valence-corrected chi connectivity index (χ0v) is 21.6. The minimum Gasteiger partial charge on any atom is -0.370 e. The maximum atomic E-state index is 13.5. The number of hydrogen-bond acceptors (Lipinski definition) is 6. The monoisotopic (exact) mass is 561 g/mol. The number of amides is 3. The second-order valence-corrected chi connectivity index (χ2v) is 9.04. The summed E-state index contributed by atoms with van der Waals surface area (Å²) in [5, 5.41) is 8.55. The third-order valence-electron chi connectivity index (χ3n) is 5.84. The van der Waals surface area contributed by atoms with Crippen LogP contribution >= 0.6 is 0 Å². The second-order valence-electron chi connectivity index (χ2n) is 9.04. The average molecular weight is 562 g/mol. The van der Waals surface area contributed by atoms with Crippen LogP contribution in [0, 0.1) is 25.6 Å². The fourth-order valence-electron chi connectivity index (χ4n) is 3.85. The van der Waals surface area contributed by atoms with E-state index in [-0.39, 0.29) is 5.71 Å². The lowest BCUT2D eigenvalue weighted by molar-refractivity contribution is -0.143. The summed E-state index contributed by atoms with van der Waals surface area (Å²) in [6.07, 6.45) is -7.10. The zero-order valence-electron chi connectivity index (χ0n) is 21.6. The molecule has 2 heterocycles. The van der Waals surface area contributed by atoms with E-state index in [1.54, 1.807) is 37.5 Å². The van der Waals surface area contributed by atoms with Gasteiger partial charge in [0.25, 0.3) is 5.91 Å². The average Bonchev–Trinajstić information content (AvgIpc) is 3.31. The van der Waals surface area contributed by atoms with Crippen molar-refractivity contribution in [3.63, 3.8) is 0 Å². The number of aromatic nitrogens is 1. The number of carbonyl (C=O) groups is 3. The van der Waals surface area contributed by atoms with Crippen molar-refractivity contribution in [2.24, 2.45) is 16.6 Å². The molecule has 0 saturated carbocycles. The molecule has 0 spiro atoms. The van der Waals surface area contributed by atoms with E-state index in [1.165, 1.54) is 24.3 Å². The summed E-state index contributed by atoms with van der Waals surface area (Å²) in [5.74, 6) is -4.53. The quantitative estimate of drug-likeness (QED) is 0.372. The highest BCUT2D eigenvalue weighted by Crippen LogP contribution is 2.28. The van der Waals surface area contributed by atoms with Gasteiger partial charge >= 0.3 is 6.18 Å². The van der Waals surface area contributed by atoms with Gasteiger partial charge in [-0.2, -0.15) is 13.2 Å². The number of hydrogen-bond donors (Lipinski definition) is 3. The van der Waals surface area contributed by atoms with E-state index in [0.29, 0.717) is 22.4 Å². The van der Waals surface area contributed by atoms with Crippen LogP contribution in [0.2, 0.25) is 0 Å². The van der Waals surface area contributed by atoms with Crippen LogP contribution in [-0.4, -0.2) is 40.9 Å². The molecule has 0 bridgehead atoms. The van der Waals surface area contributed by atoms with Gasteiger partial charge in [0.05, 0.1) is 17.1 Å². The summed E-state index contributed by atoms with van der Waals surface area (Å²) in [7, 11) is 0. The van der Waals surface area contributed by atoms with E-state index in [4.69, 9.17) is 5.73 Å². The summed E-state index contributed by atoms with van der Waals surface area (Å²) in [6.45, 7) is 3.63. The molecule has 3 aromatic rings. The Morgan fingerprint density at radius 2 is 1.82 bits per heavy atom. The predicted octanol–water partition coefficient (Wildman–Crippen LogP) is 4.18. The van der Waals surface area contributed by atoms with E-state index < -0.39 is 61.1 Å². The van der Waals surface area contributed by atoms with Crippen LogP contribution in [0.5, 0.6) is 0 Å². The summed E-state index contributed by atoms with van der Waals surface area (Å²) in [4.78, 5) is 41.3. The molecular weight excluding hydrogens is 534 g/mol. The van der Waals surface area contributed by atoms with Gasteiger partial charge in [0.2, 0.25) is 18.0 Å². The molecule has 13 heteroatoms. The number of halogens is 4. The Labute approximate surface area is 226 Å². The first kappa shape index (κ1) is 30.0. The van der Waals surface area contributed by atoms with Gasteiger partial charge in [0, 0.05) is 36.0 Å². The number of primary amides is 1. The molecule has 0 radical (unpaired) electrons. The molecule has 0 fully saturated rings. The first-order valence-corrected chi connectivity index (χ1v) is 12.1. The highest BCUT2D eigenvalue weighted by Gasteiger charge is 2.34. The molecule has 212 valence electrons. The van der Waals surface area contributed by atoms with Crippen LogP contribution in [0.4, 0.5) is 23.2 Å². The molecule has 2 unspecified atom stereocenters. The molecule has 9 nitrogen and oxygen atoms in total. The zero-order chi connectivity index (χ0) is 29.4. The molecule has 1 aliphatic heterocycles. The number of nitrogens with two attached hydrogens (primary N) is 1. The number of para-hydroxylation sites is 1. The van der Waals surface area contributed by atoms with Crippen LogP contribution in [0.15, 0.2) is 64.3 Å². The van der Waals surface area contributed by atoms with Crippen molar-refractivity contribution in [2.45, 2.75) is 45.5 Å². The molecule has 4 N–H and O–H groups in total. The van der Waals surface area contributed by atoms with Crippen LogP contribution in [0.25, 0.3) is 0 Å². The van der Waals surface area contributed by atoms with E-state index >= 15 is 0 Å². The number of nitrogens with zero attached hydrogens (tertiary/aromatic N) is 2. The molecule has 4 rings (SSSR count). The number of benzodiazepines with no additional fused rings is 1. The first-order valence-electron chi connectivity index (χ1n) is 12.1. The highest BCUT2D eigenvalue weighted by molar-refractivity contribution is 6.20. The van der Waals surface area contributed by atoms with Crippen molar-refractivity contribution in [1.82, 2.24) is 10.5 Å². The Balaban J connectivity index is 0.000000649. The SMILES string of the molecule is Cc1cccc2c1NC(=O)C(NC(=O)C(CCC(F)(F)F)CC(N)=O)N=C2c1ccc(F)cc1.Cc1ccon1. The minimum atomic E-state index is -4.54. The number of nitrogens with one attached hydrogen (secondary N) is 2. The number of aryl methyl sites for hydroxylation is 2. The topological polar surface area (TPSA) is 140 Å². The number of anilines is 1. The molecule has 2 aromatic carbocycles. The third kappa shape index (κ3) is 8.48. The lowest BCUT2D eigenvalue weighted by Gasteiger charge is -2.19. The highest BCUT2D eigenvalue weighted by atomic mass is 19.4. The van der Waals surface area contributed by atoms with Crippen molar-refractivity contribution in [1.29, 1.82) is 0 Å². The van der Waals surface area contributed by atoms with Gasteiger partial charge in [0.1, 0.15) is 12.1 Å². The van der Waals surface area contributed by atoms with Gasteiger partial charge < -0.3 is 20.9 Å². The molecular formula is C27H27F4N5O4. The Kier molecular flexibility index (Phi) is 9.75. The molecule has 0 aliphatic carbocycles. The van der Waals surface area contributed by atoms with E-state index in [9.17, 15) is 31.9 Å². The van der Waals surface area contributed by atoms with E-state index in [2.05, 4.69) is 25.3 Å². The first-order chi connectivity index (χ1) is 18.8. The Morgan fingerprint density at radius 1 is 1.12 bits per heavy atom. The number of aliphatic imine (C=N–C) groups is 1. The fourth-order valence-corrected chi connectivity index (χ4v) is 3.85. The van der Waals surface area contributed by atoms with Crippen LogP contribution < -0.4 is 16.4 Å². The van der Waals surface area contributed by atoms with Crippen molar-refractivity contribution >= 4 is 29.1 Å². The third-order valence-corrected chi connectivity index (χ3v) is 5.84. The number of alkyl halides is 3. The van der Waals surface area contributed by atoms with Gasteiger partial charge in [-0.05, 0) is 50.1 Å². The van der Waals surface area contributed by atoms with Crippen molar-refractivity contribution in [3.8, 4) is 0 Å². The number of benzene rings is 2. The van der Waals surface area contributed by atoms with E-state index in [0.717, 1.165) is 5.69 Å². The lowest BCUT2D eigenvalue weighted by Crippen LogP contribution is -2.45. The predicted molar refractivity (Wildman–Crippen MR) is 138 cm³/mol. The summed E-state index contributed by atoms with van der Waals surface area (Å²) >= 11 is 0. The largest absolute Gasteiger partial charge is 0.389 e. The number of rotatable bonds is 7. The molecule has 3 amide bonds. The van der Waals surface area contributed by atoms with Crippen LogP contribution in [0.1, 0.15) is 41.6 Å². The van der Waals surface area contributed by atoms with Crippen molar-refractivity contribution in [2.75, 3.05) is 5.32 Å². The maximum absolute atomic E-state index is 13.5. The molecule has 2 atom stereocenters. The van der Waals surface area contributed by atoms with E-state index in [1.807, 2.05) is 6.92 Å². The fraction of sp³-hybridized carbons (Fsp3) is 0.296. The van der Waals surface area contributed by atoms with Crippen LogP contribution in [-0.2, 0) is 14.4 Å². The number of carbonyl (C=O) groups excluding carboxylic acids is 3. The van der Waals surface area contributed by atoms with Crippen LogP contribution in [0.3, 0.4) is 0 Å². The summed E-state index contributed by atoms with van der Waals surface area (Å²) < 4.78 is 56.0. The van der Waals surface area contributed by atoms with Crippen molar-refractivity contribution in [3.05, 3.63) is 83.0 Å². The summed E-state index contributed by atoms with van der Waals surface area (Å²) in [6, 6.07) is 12.3. The van der Waals surface area contributed by atoms with Gasteiger partial charge in [-0.15, -0.1) is 0 Å². The molecule has 1 aromatic heterocycles. The minimum absolute atomic E-state index is 0.268. The lowest BCUT2D eigenvalue weighted by atomic mass is 9.97. The van der Waals surface area contributed by atoms with Crippen molar-refractivity contribution < 1.29 is 36.5 Å².